The maximum Gasteiger partial charge on any atom is 0.410 e. The Morgan fingerprint density at radius 3 is 2.62 bits per heavy atom. The van der Waals surface area contributed by atoms with E-state index in [4.69, 9.17) is 14.2 Å². The first kappa shape index (κ1) is 20.7. The summed E-state index contributed by atoms with van der Waals surface area (Å²) in [4.78, 5) is 25.6. The molecule has 29 heavy (non-hydrogen) atoms. The lowest BCUT2D eigenvalue weighted by molar-refractivity contribution is -0.145. The molecule has 1 atom stereocenters. The van der Waals surface area contributed by atoms with Crippen LogP contribution in [0.3, 0.4) is 0 Å². The van der Waals surface area contributed by atoms with E-state index in [0.29, 0.717) is 12.4 Å². The van der Waals surface area contributed by atoms with Crippen molar-refractivity contribution < 1.29 is 23.8 Å². The molecular formula is C23H27NO5. The number of nitrogens with zero attached hydrogens (tertiary/aromatic N) is 1. The van der Waals surface area contributed by atoms with E-state index in [2.05, 4.69) is 0 Å². The molecule has 0 unspecified atom stereocenters. The third-order valence-corrected chi connectivity index (χ3v) is 5.08. The van der Waals surface area contributed by atoms with E-state index in [1.165, 1.54) is 5.56 Å². The molecule has 0 saturated heterocycles. The van der Waals surface area contributed by atoms with Gasteiger partial charge in [-0.2, -0.15) is 0 Å². The second kappa shape index (κ2) is 9.96. The molecule has 0 spiro atoms. The summed E-state index contributed by atoms with van der Waals surface area (Å²) in [6, 6.07) is 15.6. The molecule has 1 aliphatic carbocycles. The first-order chi connectivity index (χ1) is 14.1. The Hall–Kier alpha value is -3.02. The summed E-state index contributed by atoms with van der Waals surface area (Å²) in [6.07, 6.45) is 2.17. The number of esters is 1. The van der Waals surface area contributed by atoms with Gasteiger partial charge in [-0.3, -0.25) is 0 Å². The van der Waals surface area contributed by atoms with Crippen molar-refractivity contribution in [2.24, 2.45) is 0 Å². The minimum absolute atomic E-state index is 0.0612. The summed E-state index contributed by atoms with van der Waals surface area (Å²) in [5.41, 5.74) is 3.34. The molecule has 154 valence electrons. The molecule has 0 fully saturated rings. The smallest absolute Gasteiger partial charge is 0.410 e. The van der Waals surface area contributed by atoms with Gasteiger partial charge in [-0.05, 0) is 55.0 Å². The number of carbonyl (C=O) groups excluding carboxylic acids is 2. The van der Waals surface area contributed by atoms with Gasteiger partial charge in [0.25, 0.3) is 0 Å². The summed E-state index contributed by atoms with van der Waals surface area (Å²) >= 11 is 0. The lowest BCUT2D eigenvalue weighted by atomic mass is 9.87. The van der Waals surface area contributed by atoms with Crippen molar-refractivity contribution >= 4 is 12.1 Å². The van der Waals surface area contributed by atoms with Gasteiger partial charge in [-0.25, -0.2) is 9.59 Å². The van der Waals surface area contributed by atoms with Crippen molar-refractivity contribution in [2.45, 2.75) is 38.8 Å². The largest absolute Gasteiger partial charge is 0.482 e. The number of rotatable bonds is 7. The summed E-state index contributed by atoms with van der Waals surface area (Å²) in [6.45, 7) is 2.25. The number of likely N-dealkylation sites (N-methyl/N-ethyl adjacent to an activating group) is 1. The third kappa shape index (κ3) is 5.73. The highest BCUT2D eigenvalue weighted by atomic mass is 16.6. The van der Waals surface area contributed by atoms with Gasteiger partial charge in [0.15, 0.2) is 6.61 Å². The number of fused-ring (bicyclic) bond motifs is 1. The highest BCUT2D eigenvalue weighted by Crippen LogP contribution is 2.28. The maximum absolute atomic E-state index is 12.5. The van der Waals surface area contributed by atoms with Gasteiger partial charge in [-0.15, -0.1) is 0 Å². The van der Waals surface area contributed by atoms with Crippen LogP contribution in [0.2, 0.25) is 0 Å². The standard InChI is InChI=1S/C23H27NO5/c1-3-27-22(25)16-28-21-12-10-18-9-11-20(13-19(18)14-21)24(2)23(26)29-15-17-7-5-4-6-8-17/h4-8,10,12,14,20H,3,9,11,13,15-16H2,1-2H3/t20-/m0/s1. The van der Waals surface area contributed by atoms with Gasteiger partial charge in [0.1, 0.15) is 12.4 Å². The zero-order chi connectivity index (χ0) is 20.6. The van der Waals surface area contributed by atoms with E-state index in [9.17, 15) is 9.59 Å². The van der Waals surface area contributed by atoms with Crippen LogP contribution in [-0.2, 0) is 33.7 Å². The molecule has 0 heterocycles. The molecule has 3 rings (SSSR count). The van der Waals surface area contributed by atoms with Gasteiger partial charge >= 0.3 is 12.1 Å². The Kier molecular flexibility index (Phi) is 7.11. The SMILES string of the molecule is CCOC(=O)COc1ccc2c(c1)C[C@@H](N(C)C(=O)OCc1ccccc1)CC2. The van der Waals surface area contributed by atoms with Crippen LogP contribution in [-0.4, -0.2) is 43.3 Å². The van der Waals surface area contributed by atoms with Crippen molar-refractivity contribution in [3.63, 3.8) is 0 Å². The molecule has 6 nitrogen and oxygen atoms in total. The lowest BCUT2D eigenvalue weighted by Crippen LogP contribution is -2.40. The van der Waals surface area contributed by atoms with Crippen molar-refractivity contribution in [1.29, 1.82) is 0 Å². The number of carbonyl (C=O) groups is 2. The monoisotopic (exact) mass is 397 g/mol. The first-order valence-electron chi connectivity index (χ1n) is 9.90. The van der Waals surface area contributed by atoms with Gasteiger partial charge in [0.2, 0.25) is 0 Å². The molecule has 0 N–H and O–H groups in total. The number of hydrogen-bond acceptors (Lipinski definition) is 5. The number of ether oxygens (including phenoxy) is 3. The number of amides is 1. The Balaban J connectivity index is 1.56. The molecule has 2 aromatic rings. The lowest BCUT2D eigenvalue weighted by Gasteiger charge is -2.32. The molecule has 0 saturated carbocycles. The van der Waals surface area contributed by atoms with Crippen LogP contribution in [0.5, 0.6) is 5.75 Å². The average Bonchev–Trinajstić information content (AvgIpc) is 2.76. The summed E-state index contributed by atoms with van der Waals surface area (Å²) < 4.78 is 15.9. The molecule has 0 aliphatic heterocycles. The van der Waals surface area contributed by atoms with Crippen molar-refractivity contribution in [1.82, 2.24) is 4.90 Å². The second-order valence-electron chi connectivity index (χ2n) is 7.07. The fourth-order valence-electron chi connectivity index (χ4n) is 3.45. The minimum Gasteiger partial charge on any atom is -0.482 e. The third-order valence-electron chi connectivity index (χ3n) is 5.08. The molecule has 2 aromatic carbocycles. The molecular weight excluding hydrogens is 370 g/mol. The molecule has 0 aromatic heterocycles. The van der Waals surface area contributed by atoms with Crippen LogP contribution in [0.25, 0.3) is 0 Å². The van der Waals surface area contributed by atoms with Crippen LogP contribution in [0.1, 0.15) is 30.0 Å². The average molecular weight is 397 g/mol. The van der Waals surface area contributed by atoms with Gasteiger partial charge < -0.3 is 19.1 Å². The van der Waals surface area contributed by atoms with E-state index >= 15 is 0 Å². The molecule has 6 heteroatoms. The Labute approximate surface area is 171 Å². The molecule has 0 radical (unpaired) electrons. The zero-order valence-corrected chi connectivity index (χ0v) is 16.9. The molecule has 1 aliphatic rings. The summed E-state index contributed by atoms with van der Waals surface area (Å²) in [5.74, 6) is 0.246. The zero-order valence-electron chi connectivity index (χ0n) is 16.9. The molecule has 1 amide bonds. The summed E-state index contributed by atoms with van der Waals surface area (Å²) in [7, 11) is 1.78. The van der Waals surface area contributed by atoms with Gasteiger partial charge in [0.05, 0.1) is 6.61 Å². The highest BCUT2D eigenvalue weighted by molar-refractivity contribution is 5.71. The maximum atomic E-state index is 12.5. The topological polar surface area (TPSA) is 65.1 Å². The fourth-order valence-corrected chi connectivity index (χ4v) is 3.45. The van der Waals surface area contributed by atoms with E-state index in [0.717, 1.165) is 30.4 Å². The van der Waals surface area contributed by atoms with Gasteiger partial charge in [0, 0.05) is 13.1 Å². The van der Waals surface area contributed by atoms with E-state index in [1.54, 1.807) is 18.9 Å². The quantitative estimate of drug-likeness (QED) is 0.666. The first-order valence-corrected chi connectivity index (χ1v) is 9.90. The Morgan fingerprint density at radius 1 is 1.07 bits per heavy atom. The highest BCUT2D eigenvalue weighted by Gasteiger charge is 2.26. The van der Waals surface area contributed by atoms with Crippen LogP contribution < -0.4 is 4.74 Å². The predicted molar refractivity (Wildman–Crippen MR) is 109 cm³/mol. The fraction of sp³-hybridized carbons (Fsp3) is 0.391. The normalized spacial score (nSPS) is 15.2. The number of benzene rings is 2. The van der Waals surface area contributed by atoms with E-state index < -0.39 is 0 Å². The van der Waals surface area contributed by atoms with Crippen LogP contribution in [0, 0.1) is 0 Å². The molecule has 0 bridgehead atoms. The van der Waals surface area contributed by atoms with E-state index in [1.807, 2.05) is 48.5 Å². The van der Waals surface area contributed by atoms with Crippen molar-refractivity contribution in [2.75, 3.05) is 20.3 Å². The van der Waals surface area contributed by atoms with Crippen LogP contribution in [0.4, 0.5) is 4.79 Å². The second-order valence-corrected chi connectivity index (χ2v) is 7.07. The number of aryl methyl sites for hydroxylation is 1. The van der Waals surface area contributed by atoms with Crippen LogP contribution >= 0.6 is 0 Å². The van der Waals surface area contributed by atoms with E-state index in [-0.39, 0.29) is 31.3 Å². The van der Waals surface area contributed by atoms with Crippen molar-refractivity contribution in [3.05, 3.63) is 65.2 Å². The Bertz CT molecular complexity index is 836. The van der Waals surface area contributed by atoms with Gasteiger partial charge in [-0.1, -0.05) is 36.4 Å². The summed E-state index contributed by atoms with van der Waals surface area (Å²) in [5, 5.41) is 0. The predicted octanol–water partition coefficient (Wildman–Crippen LogP) is 3.75. The Morgan fingerprint density at radius 2 is 1.86 bits per heavy atom. The minimum atomic E-state index is -0.385. The number of hydrogen-bond donors (Lipinski definition) is 0. The van der Waals surface area contributed by atoms with Crippen LogP contribution in [0.15, 0.2) is 48.5 Å². The van der Waals surface area contributed by atoms with Crippen molar-refractivity contribution in [3.8, 4) is 5.75 Å².